The number of hydrogen-bond donors (Lipinski definition) is 0. The summed E-state index contributed by atoms with van der Waals surface area (Å²) in [5.74, 6) is 1.18. The number of anilines is 2. The SMILES string of the molecule is Cc1ccccc1N(C)c1cncc(CCl)n1. The number of rotatable bonds is 3. The minimum absolute atomic E-state index is 0.377. The maximum Gasteiger partial charge on any atom is 0.151 e. The molecule has 0 spiro atoms. The van der Waals surface area contributed by atoms with Crippen LogP contribution in [0.5, 0.6) is 0 Å². The van der Waals surface area contributed by atoms with Crippen LogP contribution < -0.4 is 4.90 Å². The maximum absolute atomic E-state index is 5.76. The summed E-state index contributed by atoms with van der Waals surface area (Å²) in [6.45, 7) is 2.07. The number of halogens is 1. The molecule has 0 fully saturated rings. The van der Waals surface area contributed by atoms with Crippen LogP contribution in [0.25, 0.3) is 0 Å². The molecule has 1 aromatic heterocycles. The Morgan fingerprint density at radius 2 is 2.00 bits per heavy atom. The molecule has 0 unspecified atom stereocenters. The molecule has 4 heteroatoms. The first-order valence-corrected chi connectivity index (χ1v) is 5.92. The van der Waals surface area contributed by atoms with E-state index in [-0.39, 0.29) is 0 Å². The summed E-state index contributed by atoms with van der Waals surface area (Å²) in [4.78, 5) is 10.6. The van der Waals surface area contributed by atoms with Crippen molar-refractivity contribution in [2.75, 3.05) is 11.9 Å². The highest BCUT2D eigenvalue weighted by atomic mass is 35.5. The van der Waals surface area contributed by atoms with Crippen molar-refractivity contribution in [3.8, 4) is 0 Å². The van der Waals surface area contributed by atoms with E-state index in [9.17, 15) is 0 Å². The van der Waals surface area contributed by atoms with Gasteiger partial charge in [-0.25, -0.2) is 4.98 Å². The largest absolute Gasteiger partial charge is 0.328 e. The van der Waals surface area contributed by atoms with Crippen molar-refractivity contribution in [1.82, 2.24) is 9.97 Å². The molecule has 2 aromatic rings. The number of hydrogen-bond acceptors (Lipinski definition) is 3. The summed E-state index contributed by atoms with van der Waals surface area (Å²) in [6.07, 6.45) is 3.42. The molecular weight excluding hydrogens is 234 g/mol. The number of alkyl halides is 1. The number of nitrogens with zero attached hydrogens (tertiary/aromatic N) is 3. The lowest BCUT2D eigenvalue weighted by atomic mass is 10.2. The van der Waals surface area contributed by atoms with Crippen LogP contribution in [0, 0.1) is 6.92 Å². The predicted octanol–water partition coefficient (Wildman–Crippen LogP) is 3.29. The number of aromatic nitrogens is 2. The van der Waals surface area contributed by atoms with Crippen LogP contribution in [0.15, 0.2) is 36.7 Å². The van der Waals surface area contributed by atoms with Crippen LogP contribution in [-0.4, -0.2) is 17.0 Å². The Labute approximate surface area is 106 Å². The Morgan fingerprint density at radius 3 is 2.71 bits per heavy atom. The Bertz CT molecular complexity index is 514. The van der Waals surface area contributed by atoms with E-state index < -0.39 is 0 Å². The Balaban J connectivity index is 2.37. The quantitative estimate of drug-likeness (QED) is 0.780. The minimum atomic E-state index is 0.377. The third kappa shape index (κ3) is 2.56. The number of benzene rings is 1. The van der Waals surface area contributed by atoms with Crippen LogP contribution in [-0.2, 0) is 5.88 Å². The van der Waals surface area contributed by atoms with Gasteiger partial charge in [-0.05, 0) is 18.6 Å². The number of para-hydroxylation sites is 1. The van der Waals surface area contributed by atoms with Crippen LogP contribution >= 0.6 is 11.6 Å². The zero-order valence-corrected chi connectivity index (χ0v) is 10.6. The van der Waals surface area contributed by atoms with Gasteiger partial charge in [0.15, 0.2) is 5.82 Å². The van der Waals surface area contributed by atoms with E-state index in [2.05, 4.69) is 29.0 Å². The van der Waals surface area contributed by atoms with E-state index in [0.29, 0.717) is 5.88 Å². The number of aryl methyl sites for hydroxylation is 1. The monoisotopic (exact) mass is 247 g/mol. The van der Waals surface area contributed by atoms with Crippen LogP contribution in [0.1, 0.15) is 11.3 Å². The lowest BCUT2D eigenvalue weighted by Crippen LogP contribution is -2.13. The van der Waals surface area contributed by atoms with Gasteiger partial charge in [0.2, 0.25) is 0 Å². The molecule has 3 nitrogen and oxygen atoms in total. The molecule has 0 aliphatic heterocycles. The van der Waals surface area contributed by atoms with Crippen molar-refractivity contribution in [2.45, 2.75) is 12.8 Å². The molecule has 0 saturated heterocycles. The second-order valence-electron chi connectivity index (χ2n) is 3.85. The van der Waals surface area contributed by atoms with Gasteiger partial charge < -0.3 is 4.90 Å². The fraction of sp³-hybridized carbons (Fsp3) is 0.231. The first kappa shape index (κ1) is 11.9. The normalized spacial score (nSPS) is 10.3. The molecule has 17 heavy (non-hydrogen) atoms. The molecule has 2 rings (SSSR count). The van der Waals surface area contributed by atoms with E-state index >= 15 is 0 Å². The molecule has 0 atom stereocenters. The summed E-state index contributed by atoms with van der Waals surface area (Å²) < 4.78 is 0. The molecule has 1 aromatic carbocycles. The Kier molecular flexibility index (Phi) is 3.59. The van der Waals surface area contributed by atoms with Crippen molar-refractivity contribution in [1.29, 1.82) is 0 Å². The molecule has 0 aliphatic rings. The fourth-order valence-corrected chi connectivity index (χ4v) is 1.81. The highest BCUT2D eigenvalue weighted by molar-refractivity contribution is 6.16. The summed E-state index contributed by atoms with van der Waals surface area (Å²) in [5, 5.41) is 0. The van der Waals surface area contributed by atoms with E-state index in [1.165, 1.54) is 5.56 Å². The smallest absolute Gasteiger partial charge is 0.151 e. The summed E-state index contributed by atoms with van der Waals surface area (Å²) in [6, 6.07) is 8.17. The van der Waals surface area contributed by atoms with Gasteiger partial charge in [0.1, 0.15) is 0 Å². The van der Waals surface area contributed by atoms with Crippen LogP contribution in [0.4, 0.5) is 11.5 Å². The average Bonchev–Trinajstić information content (AvgIpc) is 2.38. The topological polar surface area (TPSA) is 29.0 Å². The second-order valence-corrected chi connectivity index (χ2v) is 4.12. The van der Waals surface area contributed by atoms with E-state index in [1.54, 1.807) is 12.4 Å². The van der Waals surface area contributed by atoms with Gasteiger partial charge in [0.25, 0.3) is 0 Å². The van der Waals surface area contributed by atoms with E-state index in [0.717, 1.165) is 17.2 Å². The highest BCUT2D eigenvalue weighted by Gasteiger charge is 2.08. The van der Waals surface area contributed by atoms with Gasteiger partial charge in [-0.15, -0.1) is 11.6 Å². The summed E-state index contributed by atoms with van der Waals surface area (Å²) in [5.41, 5.74) is 3.10. The standard InChI is InChI=1S/C13H14ClN3/c1-10-5-3-4-6-12(10)17(2)13-9-15-8-11(7-14)16-13/h3-6,8-9H,7H2,1-2H3. The van der Waals surface area contributed by atoms with Gasteiger partial charge in [-0.3, -0.25) is 4.98 Å². The van der Waals surface area contributed by atoms with Crippen LogP contribution in [0.3, 0.4) is 0 Å². The maximum atomic E-state index is 5.76. The van der Waals surface area contributed by atoms with Gasteiger partial charge in [0.05, 0.1) is 17.8 Å². The second kappa shape index (κ2) is 5.15. The molecule has 0 radical (unpaired) electrons. The third-order valence-electron chi connectivity index (χ3n) is 2.63. The van der Waals surface area contributed by atoms with E-state index in [1.807, 2.05) is 24.1 Å². The third-order valence-corrected chi connectivity index (χ3v) is 2.90. The summed E-state index contributed by atoms with van der Waals surface area (Å²) in [7, 11) is 1.98. The average molecular weight is 248 g/mol. The Morgan fingerprint density at radius 1 is 1.24 bits per heavy atom. The lowest BCUT2D eigenvalue weighted by molar-refractivity contribution is 1.03. The molecule has 88 valence electrons. The van der Waals surface area contributed by atoms with Crippen molar-refractivity contribution in [3.05, 3.63) is 47.9 Å². The lowest BCUT2D eigenvalue weighted by Gasteiger charge is -2.20. The van der Waals surface area contributed by atoms with Gasteiger partial charge in [-0.1, -0.05) is 18.2 Å². The fourth-order valence-electron chi connectivity index (χ4n) is 1.68. The molecule has 0 bridgehead atoms. The molecule has 0 N–H and O–H groups in total. The Hall–Kier alpha value is -1.61. The van der Waals surface area contributed by atoms with Crippen molar-refractivity contribution in [2.24, 2.45) is 0 Å². The van der Waals surface area contributed by atoms with Crippen molar-refractivity contribution in [3.63, 3.8) is 0 Å². The van der Waals surface area contributed by atoms with Gasteiger partial charge in [-0.2, -0.15) is 0 Å². The predicted molar refractivity (Wildman–Crippen MR) is 70.8 cm³/mol. The van der Waals surface area contributed by atoms with Crippen molar-refractivity contribution < 1.29 is 0 Å². The van der Waals surface area contributed by atoms with Crippen LogP contribution in [0.2, 0.25) is 0 Å². The highest BCUT2D eigenvalue weighted by Crippen LogP contribution is 2.24. The molecule has 0 amide bonds. The molecule has 0 aliphatic carbocycles. The first-order chi connectivity index (χ1) is 8.22. The zero-order valence-electron chi connectivity index (χ0n) is 9.89. The molecule has 1 heterocycles. The minimum Gasteiger partial charge on any atom is -0.328 e. The van der Waals surface area contributed by atoms with Gasteiger partial charge >= 0.3 is 0 Å². The molecule has 0 saturated carbocycles. The molecular formula is C13H14ClN3. The van der Waals surface area contributed by atoms with Crippen molar-refractivity contribution >= 4 is 23.1 Å². The first-order valence-electron chi connectivity index (χ1n) is 5.38. The zero-order chi connectivity index (χ0) is 12.3. The van der Waals surface area contributed by atoms with E-state index in [4.69, 9.17) is 11.6 Å². The van der Waals surface area contributed by atoms with Gasteiger partial charge in [0, 0.05) is 18.9 Å². The summed E-state index contributed by atoms with van der Waals surface area (Å²) >= 11 is 5.76.